The van der Waals surface area contributed by atoms with Crippen molar-refractivity contribution < 1.29 is 4.79 Å². The third-order valence-corrected chi connectivity index (χ3v) is 4.31. The molecule has 3 aromatic rings. The molecule has 0 unspecified atom stereocenters. The predicted molar refractivity (Wildman–Crippen MR) is 95.1 cm³/mol. The highest BCUT2D eigenvalue weighted by Gasteiger charge is 2.17. The van der Waals surface area contributed by atoms with Gasteiger partial charge in [-0.15, -0.1) is 0 Å². The van der Waals surface area contributed by atoms with Gasteiger partial charge in [0.1, 0.15) is 6.54 Å². The lowest BCUT2D eigenvalue weighted by molar-refractivity contribution is -0.122. The van der Waals surface area contributed by atoms with Crippen LogP contribution >= 0.6 is 0 Å². The van der Waals surface area contributed by atoms with E-state index in [4.69, 9.17) is 0 Å². The average Bonchev–Trinajstić information content (AvgIpc) is 3.03. The summed E-state index contributed by atoms with van der Waals surface area (Å²) in [5, 5.41) is 12.7. The lowest BCUT2D eigenvalue weighted by Crippen LogP contribution is -2.36. The number of hydrogen-bond acceptors (Lipinski definition) is 4. The molecular weight excluding hydrogens is 318 g/mol. The Labute approximate surface area is 145 Å². The van der Waals surface area contributed by atoms with Crippen molar-refractivity contribution in [2.75, 3.05) is 0 Å². The van der Waals surface area contributed by atoms with E-state index in [0.29, 0.717) is 5.39 Å². The molecule has 1 amide bonds. The summed E-state index contributed by atoms with van der Waals surface area (Å²) < 4.78 is 2.96. The fourth-order valence-corrected chi connectivity index (χ4v) is 3.00. The number of hydrogen-bond donors (Lipinski definition) is 1. The summed E-state index contributed by atoms with van der Waals surface area (Å²) in [5.41, 5.74) is 1.39. The van der Waals surface area contributed by atoms with E-state index >= 15 is 0 Å². The van der Waals surface area contributed by atoms with Crippen molar-refractivity contribution in [3.05, 3.63) is 58.3 Å². The molecule has 0 aliphatic rings. The Balaban J connectivity index is 1.84. The molecule has 3 rings (SSSR count). The maximum Gasteiger partial charge on any atom is 0.275 e. The first kappa shape index (κ1) is 16.9. The molecule has 0 aliphatic heterocycles. The summed E-state index contributed by atoms with van der Waals surface area (Å²) in [7, 11) is 1.84. The van der Waals surface area contributed by atoms with Crippen LogP contribution in [0.2, 0.25) is 0 Å². The Kier molecular flexibility index (Phi) is 4.65. The van der Waals surface area contributed by atoms with Gasteiger partial charge in [0.15, 0.2) is 0 Å². The van der Waals surface area contributed by atoms with Crippen molar-refractivity contribution in [2.45, 2.75) is 32.9 Å². The van der Waals surface area contributed by atoms with Gasteiger partial charge in [-0.2, -0.15) is 10.2 Å². The molecule has 2 aromatic heterocycles. The van der Waals surface area contributed by atoms with Crippen LogP contribution in [0, 0.1) is 6.92 Å². The van der Waals surface area contributed by atoms with Crippen LogP contribution in [0.5, 0.6) is 0 Å². The molecule has 1 atom stereocenters. The monoisotopic (exact) mass is 339 g/mol. The lowest BCUT2D eigenvalue weighted by Gasteiger charge is -2.17. The van der Waals surface area contributed by atoms with E-state index in [1.165, 1.54) is 4.68 Å². The molecule has 25 heavy (non-hydrogen) atoms. The van der Waals surface area contributed by atoms with E-state index in [1.54, 1.807) is 16.9 Å². The highest BCUT2D eigenvalue weighted by atomic mass is 16.2. The normalized spacial score (nSPS) is 12.3. The number of nitrogens with one attached hydrogen (secondary N) is 1. The molecule has 130 valence electrons. The van der Waals surface area contributed by atoms with Crippen molar-refractivity contribution in [1.29, 1.82) is 0 Å². The topological polar surface area (TPSA) is 81.8 Å². The van der Waals surface area contributed by atoms with Gasteiger partial charge in [-0.25, -0.2) is 4.68 Å². The SMILES string of the molecule is CC[C@H](NC(=O)Cn1nc(C)c2ccccc2c1=O)c1ccnn1C. The fourth-order valence-electron chi connectivity index (χ4n) is 3.00. The van der Waals surface area contributed by atoms with Crippen molar-refractivity contribution in [2.24, 2.45) is 7.05 Å². The average molecular weight is 339 g/mol. The summed E-state index contributed by atoms with van der Waals surface area (Å²) in [6.45, 7) is 3.71. The van der Waals surface area contributed by atoms with Gasteiger partial charge >= 0.3 is 0 Å². The van der Waals surface area contributed by atoms with Crippen LogP contribution in [0.15, 0.2) is 41.3 Å². The zero-order valence-corrected chi connectivity index (χ0v) is 14.6. The van der Waals surface area contributed by atoms with Gasteiger partial charge in [0, 0.05) is 18.6 Å². The Hall–Kier alpha value is -2.96. The second-order valence-corrected chi connectivity index (χ2v) is 6.00. The second-order valence-electron chi connectivity index (χ2n) is 6.00. The van der Waals surface area contributed by atoms with Crippen LogP contribution in [0.4, 0.5) is 0 Å². The second kappa shape index (κ2) is 6.88. The maximum absolute atomic E-state index is 12.6. The first-order chi connectivity index (χ1) is 12.0. The number of carbonyl (C=O) groups is 1. The number of carbonyl (C=O) groups excluding carboxylic acids is 1. The van der Waals surface area contributed by atoms with Crippen molar-refractivity contribution in [3.8, 4) is 0 Å². The number of amides is 1. The van der Waals surface area contributed by atoms with E-state index in [2.05, 4.69) is 15.5 Å². The van der Waals surface area contributed by atoms with Crippen molar-refractivity contribution in [3.63, 3.8) is 0 Å². The minimum absolute atomic E-state index is 0.112. The summed E-state index contributed by atoms with van der Waals surface area (Å²) in [4.78, 5) is 25.0. The van der Waals surface area contributed by atoms with Crippen LogP contribution in [0.1, 0.15) is 30.8 Å². The van der Waals surface area contributed by atoms with Gasteiger partial charge in [-0.1, -0.05) is 25.1 Å². The first-order valence-corrected chi connectivity index (χ1v) is 8.25. The summed E-state index contributed by atoms with van der Waals surface area (Å²) >= 11 is 0. The van der Waals surface area contributed by atoms with Crippen LogP contribution in [0.25, 0.3) is 10.8 Å². The fraction of sp³-hybridized carbons (Fsp3) is 0.333. The molecule has 0 saturated heterocycles. The smallest absolute Gasteiger partial charge is 0.275 e. The lowest BCUT2D eigenvalue weighted by atomic mass is 10.1. The Morgan fingerprint density at radius 3 is 2.60 bits per heavy atom. The number of fused-ring (bicyclic) bond motifs is 1. The molecule has 7 heteroatoms. The van der Waals surface area contributed by atoms with Crippen molar-refractivity contribution >= 4 is 16.7 Å². The molecule has 1 N–H and O–H groups in total. The molecule has 0 spiro atoms. The van der Waals surface area contributed by atoms with E-state index in [0.717, 1.165) is 23.2 Å². The minimum Gasteiger partial charge on any atom is -0.346 e. The zero-order valence-electron chi connectivity index (χ0n) is 14.6. The molecule has 0 radical (unpaired) electrons. The molecule has 0 saturated carbocycles. The molecular formula is C18H21N5O2. The van der Waals surface area contributed by atoms with Gasteiger partial charge in [0.25, 0.3) is 5.56 Å². The standard InChI is InChI=1S/C18H21N5O2/c1-4-15(16-9-10-19-22(16)3)20-17(24)11-23-18(25)14-8-6-5-7-13(14)12(2)21-23/h5-10,15H,4,11H2,1-3H3,(H,20,24)/t15-/m0/s1. The summed E-state index contributed by atoms with van der Waals surface area (Å²) in [6, 6.07) is 9.01. The quantitative estimate of drug-likeness (QED) is 0.767. The van der Waals surface area contributed by atoms with Gasteiger partial charge in [0.2, 0.25) is 5.91 Å². The van der Waals surface area contributed by atoms with Crippen LogP contribution < -0.4 is 10.9 Å². The summed E-state index contributed by atoms with van der Waals surface area (Å²) in [6.07, 6.45) is 2.42. The Bertz CT molecular complexity index is 973. The molecule has 1 aromatic carbocycles. The van der Waals surface area contributed by atoms with E-state index < -0.39 is 0 Å². The van der Waals surface area contributed by atoms with Crippen LogP contribution in [-0.2, 0) is 18.4 Å². The first-order valence-electron chi connectivity index (χ1n) is 8.25. The molecule has 0 aliphatic carbocycles. The number of nitrogens with zero attached hydrogens (tertiary/aromatic N) is 4. The van der Waals surface area contributed by atoms with Gasteiger partial charge in [-0.3, -0.25) is 14.3 Å². The molecule has 7 nitrogen and oxygen atoms in total. The van der Waals surface area contributed by atoms with E-state index in [9.17, 15) is 9.59 Å². The minimum atomic E-state index is -0.259. The van der Waals surface area contributed by atoms with Crippen molar-refractivity contribution in [1.82, 2.24) is 24.9 Å². The Morgan fingerprint density at radius 2 is 1.96 bits per heavy atom. The third kappa shape index (κ3) is 3.31. The highest BCUT2D eigenvalue weighted by Crippen LogP contribution is 2.15. The van der Waals surface area contributed by atoms with Gasteiger partial charge in [0.05, 0.1) is 22.8 Å². The number of aryl methyl sites for hydroxylation is 2. The number of aromatic nitrogens is 4. The van der Waals surface area contributed by atoms with E-state index in [-0.39, 0.29) is 24.1 Å². The van der Waals surface area contributed by atoms with E-state index in [1.807, 2.05) is 45.2 Å². The van der Waals surface area contributed by atoms with Crippen LogP contribution in [0.3, 0.4) is 0 Å². The molecule has 2 heterocycles. The van der Waals surface area contributed by atoms with Gasteiger partial charge in [-0.05, 0) is 25.5 Å². The number of benzene rings is 1. The van der Waals surface area contributed by atoms with Crippen LogP contribution in [-0.4, -0.2) is 25.5 Å². The Morgan fingerprint density at radius 1 is 1.24 bits per heavy atom. The molecule has 0 fully saturated rings. The summed E-state index contributed by atoms with van der Waals surface area (Å²) in [5.74, 6) is -0.252. The maximum atomic E-state index is 12.6. The largest absolute Gasteiger partial charge is 0.346 e. The van der Waals surface area contributed by atoms with Gasteiger partial charge < -0.3 is 5.32 Å². The third-order valence-electron chi connectivity index (χ3n) is 4.31. The predicted octanol–water partition coefficient (Wildman–Crippen LogP) is 1.71. The number of rotatable bonds is 5. The molecule has 0 bridgehead atoms. The zero-order chi connectivity index (χ0) is 18.0. The highest BCUT2D eigenvalue weighted by molar-refractivity contribution is 5.83.